The molecular weight excluding hydrogens is 390 g/mol. The third kappa shape index (κ3) is 6.11. The summed E-state index contributed by atoms with van der Waals surface area (Å²) in [6.45, 7) is 4.92. The van der Waals surface area contributed by atoms with Gasteiger partial charge in [0.05, 0.1) is 11.8 Å². The lowest BCUT2D eigenvalue weighted by molar-refractivity contribution is -0.117. The van der Waals surface area contributed by atoms with Crippen molar-refractivity contribution in [1.82, 2.24) is 20.1 Å². The lowest BCUT2D eigenvalue weighted by atomic mass is 10.1. The van der Waals surface area contributed by atoms with Crippen LogP contribution in [0.15, 0.2) is 66.6 Å². The number of nitrogens with zero attached hydrogens (tertiary/aromatic N) is 4. The summed E-state index contributed by atoms with van der Waals surface area (Å²) in [5.41, 5.74) is 3.08. The molecule has 31 heavy (non-hydrogen) atoms. The molecule has 0 aliphatic heterocycles. The fraction of sp³-hybridized carbons (Fsp3) is 0.250. The molecule has 2 heterocycles. The molecule has 1 N–H and O–H groups in total. The molecule has 0 aliphatic rings. The Labute approximate surface area is 182 Å². The van der Waals surface area contributed by atoms with E-state index in [2.05, 4.69) is 15.4 Å². The average molecular weight is 415 g/mol. The zero-order valence-corrected chi connectivity index (χ0v) is 17.7. The number of rotatable bonds is 9. The van der Waals surface area contributed by atoms with E-state index < -0.39 is 5.91 Å². The number of amides is 1. The number of pyridine rings is 1. The van der Waals surface area contributed by atoms with E-state index in [1.54, 1.807) is 23.2 Å². The number of hydrogen-bond donors (Lipinski definition) is 1. The largest absolute Gasteiger partial charge is 0.379 e. The Morgan fingerprint density at radius 3 is 2.65 bits per heavy atom. The second kappa shape index (κ2) is 10.9. The van der Waals surface area contributed by atoms with Crippen LogP contribution < -0.4 is 5.32 Å². The van der Waals surface area contributed by atoms with Crippen molar-refractivity contribution in [3.05, 3.63) is 72.2 Å². The first-order valence-electron chi connectivity index (χ1n) is 10.2. The van der Waals surface area contributed by atoms with Gasteiger partial charge in [-0.2, -0.15) is 10.4 Å². The summed E-state index contributed by atoms with van der Waals surface area (Å²) < 4.78 is 7.20. The molecule has 1 amide bonds. The fourth-order valence-corrected chi connectivity index (χ4v) is 2.93. The van der Waals surface area contributed by atoms with Crippen molar-refractivity contribution in [3.63, 3.8) is 0 Å². The first-order chi connectivity index (χ1) is 15.1. The maximum Gasteiger partial charge on any atom is 0.261 e. The molecule has 2 aromatic heterocycles. The second-order valence-corrected chi connectivity index (χ2v) is 7.15. The Morgan fingerprint density at radius 2 is 1.97 bits per heavy atom. The lowest BCUT2D eigenvalue weighted by Crippen LogP contribution is -2.26. The van der Waals surface area contributed by atoms with E-state index >= 15 is 0 Å². The Hall–Kier alpha value is -3.76. The van der Waals surface area contributed by atoms with Gasteiger partial charge < -0.3 is 10.1 Å². The quantitative estimate of drug-likeness (QED) is 0.326. The van der Waals surface area contributed by atoms with E-state index in [4.69, 9.17) is 4.74 Å². The van der Waals surface area contributed by atoms with Gasteiger partial charge in [-0.05, 0) is 50.6 Å². The summed E-state index contributed by atoms with van der Waals surface area (Å²) in [5, 5.41) is 17.0. The molecule has 0 radical (unpaired) electrons. The SMILES string of the molecule is CC(C)OCCCNC(=O)C(C#N)=Cc1cn(-c2ccccc2)nc1-c1ccncc1. The van der Waals surface area contributed by atoms with Gasteiger partial charge >= 0.3 is 0 Å². The third-order valence-electron chi connectivity index (χ3n) is 4.44. The van der Waals surface area contributed by atoms with Crippen molar-refractivity contribution in [2.24, 2.45) is 0 Å². The van der Waals surface area contributed by atoms with Gasteiger partial charge in [0.1, 0.15) is 17.3 Å². The van der Waals surface area contributed by atoms with Crippen molar-refractivity contribution < 1.29 is 9.53 Å². The molecule has 0 saturated heterocycles. The maximum absolute atomic E-state index is 12.5. The normalized spacial score (nSPS) is 11.4. The molecule has 0 aliphatic carbocycles. The first kappa shape index (κ1) is 21.9. The smallest absolute Gasteiger partial charge is 0.261 e. The molecule has 0 spiro atoms. The minimum Gasteiger partial charge on any atom is -0.379 e. The molecule has 0 atom stereocenters. The number of ether oxygens (including phenoxy) is 1. The van der Waals surface area contributed by atoms with Crippen LogP contribution >= 0.6 is 0 Å². The maximum atomic E-state index is 12.5. The van der Waals surface area contributed by atoms with Crippen LogP contribution in [-0.4, -0.2) is 39.9 Å². The summed E-state index contributed by atoms with van der Waals surface area (Å²) in [4.78, 5) is 16.6. The number of hydrogen-bond acceptors (Lipinski definition) is 5. The zero-order valence-electron chi connectivity index (χ0n) is 17.7. The van der Waals surface area contributed by atoms with Gasteiger partial charge in [0.15, 0.2) is 0 Å². The highest BCUT2D eigenvalue weighted by molar-refractivity contribution is 6.02. The van der Waals surface area contributed by atoms with Crippen molar-refractivity contribution in [2.75, 3.05) is 13.2 Å². The van der Waals surface area contributed by atoms with Crippen LogP contribution in [0, 0.1) is 11.3 Å². The zero-order chi connectivity index (χ0) is 22.1. The van der Waals surface area contributed by atoms with Gasteiger partial charge in [-0.1, -0.05) is 18.2 Å². The van der Waals surface area contributed by atoms with Gasteiger partial charge in [-0.15, -0.1) is 0 Å². The number of nitrogens with one attached hydrogen (secondary N) is 1. The van der Waals surface area contributed by atoms with Crippen LogP contribution in [0.1, 0.15) is 25.8 Å². The Kier molecular flexibility index (Phi) is 7.68. The van der Waals surface area contributed by atoms with Gasteiger partial charge in [-0.3, -0.25) is 9.78 Å². The van der Waals surface area contributed by atoms with Crippen LogP contribution in [0.25, 0.3) is 23.0 Å². The van der Waals surface area contributed by atoms with Crippen molar-refractivity contribution in [3.8, 4) is 23.0 Å². The molecule has 3 rings (SSSR count). The molecule has 158 valence electrons. The van der Waals surface area contributed by atoms with Crippen LogP contribution in [-0.2, 0) is 9.53 Å². The molecular formula is C24H25N5O2. The van der Waals surface area contributed by atoms with Crippen molar-refractivity contribution >= 4 is 12.0 Å². The van der Waals surface area contributed by atoms with E-state index in [1.165, 1.54) is 0 Å². The molecule has 0 bridgehead atoms. The van der Waals surface area contributed by atoms with Gasteiger partial charge in [0.25, 0.3) is 5.91 Å². The monoisotopic (exact) mass is 415 g/mol. The highest BCUT2D eigenvalue weighted by Gasteiger charge is 2.15. The number of nitriles is 1. The molecule has 0 saturated carbocycles. The Morgan fingerprint density at radius 1 is 1.23 bits per heavy atom. The van der Waals surface area contributed by atoms with E-state index in [1.807, 2.05) is 68.6 Å². The van der Waals surface area contributed by atoms with E-state index in [-0.39, 0.29) is 11.7 Å². The minimum atomic E-state index is -0.416. The molecule has 0 fully saturated rings. The second-order valence-electron chi connectivity index (χ2n) is 7.15. The number of benzene rings is 1. The number of carbonyl (C=O) groups excluding carboxylic acids is 1. The van der Waals surface area contributed by atoms with Gasteiger partial charge in [-0.25, -0.2) is 4.68 Å². The van der Waals surface area contributed by atoms with Gasteiger partial charge in [0, 0.05) is 42.9 Å². The summed E-state index contributed by atoms with van der Waals surface area (Å²) >= 11 is 0. The van der Waals surface area contributed by atoms with E-state index in [9.17, 15) is 10.1 Å². The molecule has 7 nitrogen and oxygen atoms in total. The first-order valence-corrected chi connectivity index (χ1v) is 10.2. The third-order valence-corrected chi connectivity index (χ3v) is 4.44. The van der Waals surface area contributed by atoms with Crippen LogP contribution in [0.3, 0.4) is 0 Å². The molecule has 3 aromatic rings. The van der Waals surface area contributed by atoms with Crippen LogP contribution in [0.4, 0.5) is 0 Å². The van der Waals surface area contributed by atoms with Crippen molar-refractivity contribution in [1.29, 1.82) is 5.26 Å². The predicted octanol–water partition coefficient (Wildman–Crippen LogP) is 3.77. The summed E-state index contributed by atoms with van der Waals surface area (Å²) in [7, 11) is 0. The molecule has 7 heteroatoms. The van der Waals surface area contributed by atoms with E-state index in [0.29, 0.717) is 30.8 Å². The highest BCUT2D eigenvalue weighted by Crippen LogP contribution is 2.25. The topological polar surface area (TPSA) is 92.8 Å². The van der Waals surface area contributed by atoms with Gasteiger partial charge in [0.2, 0.25) is 0 Å². The number of aromatic nitrogens is 3. The fourth-order valence-electron chi connectivity index (χ4n) is 2.93. The molecule has 1 aromatic carbocycles. The van der Waals surface area contributed by atoms with E-state index in [0.717, 1.165) is 11.3 Å². The minimum absolute atomic E-state index is 0.0210. The highest BCUT2D eigenvalue weighted by atomic mass is 16.5. The average Bonchev–Trinajstić information content (AvgIpc) is 3.22. The lowest BCUT2D eigenvalue weighted by Gasteiger charge is -2.08. The Bertz CT molecular complexity index is 1070. The summed E-state index contributed by atoms with van der Waals surface area (Å²) in [6, 6.07) is 15.4. The number of para-hydroxylation sites is 1. The predicted molar refractivity (Wildman–Crippen MR) is 119 cm³/mol. The molecule has 0 unspecified atom stereocenters. The van der Waals surface area contributed by atoms with Crippen molar-refractivity contribution in [2.45, 2.75) is 26.4 Å². The summed E-state index contributed by atoms with van der Waals surface area (Å²) in [5.74, 6) is -0.416. The summed E-state index contributed by atoms with van der Waals surface area (Å²) in [6.07, 6.45) is 7.58. The Balaban J connectivity index is 1.85. The number of carbonyl (C=O) groups is 1. The van der Waals surface area contributed by atoms with Crippen LogP contribution in [0.2, 0.25) is 0 Å². The van der Waals surface area contributed by atoms with Crippen LogP contribution in [0.5, 0.6) is 0 Å². The standard InChI is InChI=1S/C24H25N5O2/c1-18(2)31-14-6-11-27-24(30)20(16-25)15-21-17-29(22-7-4-3-5-8-22)28-23(21)19-9-12-26-13-10-19/h3-5,7-10,12-13,15,17-18H,6,11,14H2,1-2H3,(H,27,30).